The number of unbranched alkanes of at least 4 members (excludes halogenated alkanes) is 1. The molecule has 2 heterocycles. The van der Waals surface area contributed by atoms with Gasteiger partial charge in [-0.3, -0.25) is 14.7 Å². The van der Waals surface area contributed by atoms with Gasteiger partial charge in [-0.2, -0.15) is 0 Å². The molecule has 0 aromatic carbocycles. The van der Waals surface area contributed by atoms with Crippen LogP contribution in [0, 0.1) is 0 Å². The molecular weight excluding hydrogens is 240 g/mol. The molecule has 1 atom stereocenters. The first-order chi connectivity index (χ1) is 9.15. The van der Waals surface area contributed by atoms with Crippen LogP contribution in [0.1, 0.15) is 50.6 Å². The lowest BCUT2D eigenvalue weighted by molar-refractivity contribution is -0.137. The van der Waals surface area contributed by atoms with Gasteiger partial charge in [-0.05, 0) is 44.5 Å². The lowest BCUT2D eigenvalue weighted by Crippen LogP contribution is -2.17. The van der Waals surface area contributed by atoms with Crippen LogP contribution in [0.5, 0.6) is 0 Å². The van der Waals surface area contributed by atoms with Crippen LogP contribution in [0.3, 0.4) is 0 Å². The molecule has 0 aliphatic carbocycles. The molecule has 1 aromatic heterocycles. The number of rotatable bonds is 4. The van der Waals surface area contributed by atoms with Crippen molar-refractivity contribution in [1.29, 1.82) is 0 Å². The van der Waals surface area contributed by atoms with Gasteiger partial charge in [0.05, 0.1) is 0 Å². The molecule has 1 fully saturated rings. The summed E-state index contributed by atoms with van der Waals surface area (Å²) in [6.45, 7) is 3.20. The maximum atomic E-state index is 9.76. The quantitative estimate of drug-likeness (QED) is 0.908. The van der Waals surface area contributed by atoms with Crippen LogP contribution >= 0.6 is 0 Å². The van der Waals surface area contributed by atoms with E-state index in [9.17, 15) is 4.79 Å². The summed E-state index contributed by atoms with van der Waals surface area (Å²) < 4.78 is 0. The largest absolute Gasteiger partial charge is 0.481 e. The van der Waals surface area contributed by atoms with Crippen LogP contribution in [0.2, 0.25) is 0 Å². The Morgan fingerprint density at radius 1 is 1.58 bits per heavy atom. The molecule has 2 rings (SSSR count). The van der Waals surface area contributed by atoms with Gasteiger partial charge in [-0.1, -0.05) is 19.4 Å². The first-order valence-corrected chi connectivity index (χ1v) is 6.97. The summed E-state index contributed by atoms with van der Waals surface area (Å²) in [7, 11) is 2.19. The normalized spacial score (nSPS) is 18.7. The molecule has 1 aliphatic heterocycles. The standard InChI is InChI=1S/C10H14N2.C5H10O2/c1-12-7-3-5-10(12)9-4-2-6-11-8-9;1-2-3-4-5(6)7/h2,4,6,8,10H,3,5,7H2,1H3;2-4H2,1H3,(H,6,7). The fraction of sp³-hybridized carbons (Fsp3) is 0.600. The van der Waals surface area contributed by atoms with Crippen molar-refractivity contribution in [2.45, 2.75) is 45.1 Å². The molecule has 0 spiro atoms. The molecular formula is C15H24N2O2. The zero-order chi connectivity index (χ0) is 14.1. The van der Waals surface area contributed by atoms with Crippen LogP contribution in [0.15, 0.2) is 24.5 Å². The number of carboxylic acid groups (broad SMARTS) is 1. The Bertz CT molecular complexity index is 368. The van der Waals surface area contributed by atoms with E-state index in [2.05, 4.69) is 23.0 Å². The number of likely N-dealkylation sites (tertiary alicyclic amines) is 1. The third-order valence-electron chi connectivity index (χ3n) is 3.33. The summed E-state index contributed by atoms with van der Waals surface area (Å²) in [5.74, 6) is -0.693. The summed E-state index contributed by atoms with van der Waals surface area (Å²) in [4.78, 5) is 16.3. The van der Waals surface area contributed by atoms with E-state index in [1.165, 1.54) is 24.9 Å². The van der Waals surface area contributed by atoms with E-state index >= 15 is 0 Å². The van der Waals surface area contributed by atoms with Gasteiger partial charge in [0.1, 0.15) is 0 Å². The van der Waals surface area contributed by atoms with E-state index < -0.39 is 5.97 Å². The van der Waals surface area contributed by atoms with Crippen molar-refractivity contribution in [3.8, 4) is 0 Å². The molecule has 106 valence electrons. The Kier molecular flexibility index (Phi) is 7.11. The maximum Gasteiger partial charge on any atom is 0.303 e. The van der Waals surface area contributed by atoms with Crippen molar-refractivity contribution in [3.63, 3.8) is 0 Å². The number of aromatic nitrogens is 1. The molecule has 1 aromatic rings. The highest BCUT2D eigenvalue weighted by Gasteiger charge is 2.21. The molecule has 0 bridgehead atoms. The third kappa shape index (κ3) is 5.83. The highest BCUT2D eigenvalue weighted by molar-refractivity contribution is 5.66. The van der Waals surface area contributed by atoms with E-state index in [0.29, 0.717) is 12.5 Å². The van der Waals surface area contributed by atoms with E-state index in [-0.39, 0.29) is 0 Å². The van der Waals surface area contributed by atoms with Crippen molar-refractivity contribution in [2.24, 2.45) is 0 Å². The average molecular weight is 264 g/mol. The number of hydrogen-bond acceptors (Lipinski definition) is 3. The van der Waals surface area contributed by atoms with Gasteiger partial charge in [0.2, 0.25) is 0 Å². The molecule has 0 radical (unpaired) electrons. The number of pyridine rings is 1. The predicted octanol–water partition coefficient (Wildman–Crippen LogP) is 3.11. The zero-order valence-corrected chi connectivity index (χ0v) is 11.9. The summed E-state index contributed by atoms with van der Waals surface area (Å²) in [5, 5.41) is 8.04. The lowest BCUT2D eigenvalue weighted by Gasteiger charge is -2.18. The van der Waals surface area contributed by atoms with Crippen molar-refractivity contribution in [1.82, 2.24) is 9.88 Å². The second-order valence-corrected chi connectivity index (χ2v) is 4.92. The Labute approximate surface area is 115 Å². The van der Waals surface area contributed by atoms with Gasteiger partial charge in [0.15, 0.2) is 0 Å². The number of aliphatic carboxylic acids is 1. The second kappa shape index (κ2) is 8.64. The molecule has 4 nitrogen and oxygen atoms in total. The monoisotopic (exact) mass is 264 g/mol. The molecule has 1 saturated heterocycles. The SMILES string of the molecule is CCCCC(=O)O.CN1CCCC1c1cccnc1. The summed E-state index contributed by atoms with van der Waals surface area (Å²) >= 11 is 0. The van der Waals surface area contributed by atoms with Gasteiger partial charge in [-0.25, -0.2) is 0 Å². The fourth-order valence-electron chi connectivity index (χ4n) is 2.23. The first kappa shape index (κ1) is 15.6. The summed E-state index contributed by atoms with van der Waals surface area (Å²) in [6, 6.07) is 4.79. The van der Waals surface area contributed by atoms with Crippen molar-refractivity contribution in [2.75, 3.05) is 13.6 Å². The van der Waals surface area contributed by atoms with Crippen molar-refractivity contribution in [3.05, 3.63) is 30.1 Å². The molecule has 0 amide bonds. The molecule has 1 unspecified atom stereocenters. The highest BCUT2D eigenvalue weighted by atomic mass is 16.4. The van der Waals surface area contributed by atoms with Crippen molar-refractivity contribution >= 4 is 5.97 Å². The van der Waals surface area contributed by atoms with E-state index in [1.54, 1.807) is 0 Å². The smallest absolute Gasteiger partial charge is 0.303 e. The Morgan fingerprint density at radius 2 is 2.37 bits per heavy atom. The number of carbonyl (C=O) groups is 1. The highest BCUT2D eigenvalue weighted by Crippen LogP contribution is 2.29. The van der Waals surface area contributed by atoms with Gasteiger partial charge in [0.25, 0.3) is 0 Å². The molecule has 1 N–H and O–H groups in total. The van der Waals surface area contributed by atoms with Gasteiger partial charge in [-0.15, -0.1) is 0 Å². The van der Waals surface area contributed by atoms with Crippen LogP contribution in [0.4, 0.5) is 0 Å². The minimum absolute atomic E-state index is 0.316. The Balaban J connectivity index is 0.000000224. The molecule has 1 aliphatic rings. The van der Waals surface area contributed by atoms with Gasteiger partial charge >= 0.3 is 5.97 Å². The third-order valence-corrected chi connectivity index (χ3v) is 3.33. The van der Waals surface area contributed by atoms with Crippen molar-refractivity contribution < 1.29 is 9.90 Å². The topological polar surface area (TPSA) is 53.4 Å². The lowest BCUT2D eigenvalue weighted by atomic mass is 10.1. The zero-order valence-electron chi connectivity index (χ0n) is 11.9. The van der Waals surface area contributed by atoms with Crippen LogP contribution < -0.4 is 0 Å². The van der Waals surface area contributed by atoms with Crippen LogP contribution in [-0.4, -0.2) is 34.6 Å². The second-order valence-electron chi connectivity index (χ2n) is 4.92. The number of nitrogens with zero attached hydrogens (tertiary/aromatic N) is 2. The van der Waals surface area contributed by atoms with E-state index in [1.807, 2.05) is 25.4 Å². The first-order valence-electron chi connectivity index (χ1n) is 6.97. The fourth-order valence-corrected chi connectivity index (χ4v) is 2.23. The van der Waals surface area contributed by atoms with Crippen LogP contribution in [0.25, 0.3) is 0 Å². The van der Waals surface area contributed by atoms with E-state index in [0.717, 1.165) is 12.8 Å². The molecule has 19 heavy (non-hydrogen) atoms. The van der Waals surface area contributed by atoms with Gasteiger partial charge in [0, 0.05) is 24.9 Å². The molecule has 4 heteroatoms. The van der Waals surface area contributed by atoms with Gasteiger partial charge < -0.3 is 5.11 Å². The predicted molar refractivity (Wildman–Crippen MR) is 76.0 cm³/mol. The number of carboxylic acids is 1. The summed E-state index contributed by atoms with van der Waals surface area (Å²) in [6.07, 6.45) is 8.49. The molecule has 0 saturated carbocycles. The Morgan fingerprint density at radius 3 is 2.79 bits per heavy atom. The Hall–Kier alpha value is -1.42. The average Bonchev–Trinajstić information content (AvgIpc) is 2.84. The summed E-state index contributed by atoms with van der Waals surface area (Å²) in [5.41, 5.74) is 1.36. The van der Waals surface area contributed by atoms with Crippen LogP contribution in [-0.2, 0) is 4.79 Å². The minimum Gasteiger partial charge on any atom is -0.481 e. The number of hydrogen-bond donors (Lipinski definition) is 1. The minimum atomic E-state index is -0.693. The maximum absolute atomic E-state index is 9.76. The van der Waals surface area contributed by atoms with E-state index in [4.69, 9.17) is 5.11 Å².